The minimum Gasteiger partial charge on any atom is -0.389 e. The van der Waals surface area contributed by atoms with Gasteiger partial charge in [-0.2, -0.15) is 0 Å². The molecule has 0 bridgehead atoms. The van der Waals surface area contributed by atoms with Crippen LogP contribution in [0.1, 0.15) is 5.56 Å². The van der Waals surface area contributed by atoms with E-state index in [-0.39, 0.29) is 0 Å². The maximum atomic E-state index is 9.55. The van der Waals surface area contributed by atoms with Crippen LogP contribution in [0.25, 0.3) is 10.9 Å². The largest absolute Gasteiger partial charge is 0.389 e. The van der Waals surface area contributed by atoms with Gasteiger partial charge in [-0.15, -0.1) is 0 Å². The summed E-state index contributed by atoms with van der Waals surface area (Å²) in [6, 6.07) is 9.83. The fourth-order valence-corrected chi connectivity index (χ4v) is 2.67. The molecule has 4 nitrogen and oxygen atoms in total. The number of aromatic nitrogens is 1. The molecular weight excluding hydrogens is 264 g/mol. The highest BCUT2D eigenvalue weighted by atomic mass is 35.5. The number of β-amino-alcohol motifs (C(OH)–C–C–N with tert-alkyl or cyclic N) is 2. The Labute approximate surface area is 116 Å². The average Bonchev–Trinajstić information content (AvgIpc) is 2.69. The van der Waals surface area contributed by atoms with Crippen molar-refractivity contribution in [3.8, 4) is 0 Å². The van der Waals surface area contributed by atoms with Crippen molar-refractivity contribution in [2.75, 3.05) is 13.1 Å². The number of hydrogen-bond donors (Lipinski definition) is 2. The van der Waals surface area contributed by atoms with Crippen molar-refractivity contribution < 1.29 is 10.2 Å². The second-order valence-electron chi connectivity index (χ2n) is 4.96. The van der Waals surface area contributed by atoms with Gasteiger partial charge in [-0.05, 0) is 12.1 Å². The van der Waals surface area contributed by atoms with Crippen LogP contribution in [0.2, 0.25) is 5.15 Å². The molecule has 0 unspecified atom stereocenters. The molecule has 3 rings (SSSR count). The van der Waals surface area contributed by atoms with Crippen molar-refractivity contribution >= 4 is 22.5 Å². The molecule has 1 aromatic carbocycles. The number of pyridine rings is 1. The van der Waals surface area contributed by atoms with E-state index in [1.54, 1.807) is 0 Å². The van der Waals surface area contributed by atoms with E-state index in [0.29, 0.717) is 24.8 Å². The summed E-state index contributed by atoms with van der Waals surface area (Å²) < 4.78 is 0. The van der Waals surface area contributed by atoms with Gasteiger partial charge in [0.15, 0.2) is 0 Å². The zero-order valence-electron chi connectivity index (χ0n) is 10.3. The van der Waals surface area contributed by atoms with E-state index >= 15 is 0 Å². The van der Waals surface area contributed by atoms with Gasteiger partial charge in [-0.3, -0.25) is 4.90 Å². The summed E-state index contributed by atoms with van der Waals surface area (Å²) in [5, 5.41) is 20.6. The first-order chi connectivity index (χ1) is 9.13. The van der Waals surface area contributed by atoms with Crippen LogP contribution in [0.15, 0.2) is 30.3 Å². The van der Waals surface area contributed by atoms with Gasteiger partial charge >= 0.3 is 0 Å². The lowest BCUT2D eigenvalue weighted by Crippen LogP contribution is -2.22. The second kappa shape index (κ2) is 5.06. The zero-order valence-corrected chi connectivity index (χ0v) is 11.1. The molecule has 1 fully saturated rings. The third-order valence-corrected chi connectivity index (χ3v) is 3.81. The fourth-order valence-electron chi connectivity index (χ4n) is 2.46. The number of aliphatic hydroxyl groups is 2. The zero-order chi connectivity index (χ0) is 13.4. The summed E-state index contributed by atoms with van der Waals surface area (Å²) in [7, 11) is 0. The minimum absolute atomic E-state index is 0.463. The van der Waals surface area contributed by atoms with E-state index in [1.807, 2.05) is 35.2 Å². The van der Waals surface area contributed by atoms with Crippen molar-refractivity contribution in [3.63, 3.8) is 0 Å². The van der Waals surface area contributed by atoms with Gasteiger partial charge in [-0.25, -0.2) is 4.98 Å². The maximum absolute atomic E-state index is 9.55. The quantitative estimate of drug-likeness (QED) is 0.816. The number of rotatable bonds is 2. The van der Waals surface area contributed by atoms with E-state index in [4.69, 9.17) is 11.6 Å². The lowest BCUT2D eigenvalue weighted by Gasteiger charge is -2.15. The predicted molar refractivity (Wildman–Crippen MR) is 74.0 cm³/mol. The Kier molecular flexibility index (Phi) is 3.41. The van der Waals surface area contributed by atoms with E-state index in [0.717, 1.165) is 16.5 Å². The van der Waals surface area contributed by atoms with Gasteiger partial charge in [0, 0.05) is 30.6 Å². The molecule has 0 amide bonds. The SMILES string of the molecule is O[C@@H]1CN(Cc2cc3ccccc3nc2Cl)C[C@@H]1O. The normalized spacial score (nSPS) is 24.2. The molecule has 2 N–H and O–H groups in total. The highest BCUT2D eigenvalue weighted by Crippen LogP contribution is 2.23. The standard InChI is InChI=1S/C14H15ClN2O2/c15-14-10(6-17-7-12(18)13(19)8-17)5-9-3-1-2-4-11(9)16-14/h1-5,12-13,18-19H,6-8H2/t12-,13+. The summed E-state index contributed by atoms with van der Waals surface area (Å²) >= 11 is 6.19. The Bertz CT molecular complexity index is 595. The van der Waals surface area contributed by atoms with E-state index in [1.165, 1.54) is 0 Å². The third-order valence-electron chi connectivity index (χ3n) is 3.48. The Hall–Kier alpha value is -1.20. The topological polar surface area (TPSA) is 56.6 Å². The molecule has 1 aliphatic heterocycles. The van der Waals surface area contributed by atoms with Crippen LogP contribution in [0.3, 0.4) is 0 Å². The maximum Gasteiger partial charge on any atom is 0.134 e. The Balaban J connectivity index is 1.87. The number of aliphatic hydroxyl groups excluding tert-OH is 2. The summed E-state index contributed by atoms with van der Waals surface area (Å²) in [5.41, 5.74) is 1.79. The monoisotopic (exact) mass is 278 g/mol. The molecule has 0 aliphatic carbocycles. The summed E-state index contributed by atoms with van der Waals surface area (Å²) in [6.45, 7) is 1.51. The molecular formula is C14H15ClN2O2. The summed E-state index contributed by atoms with van der Waals surface area (Å²) in [4.78, 5) is 6.35. The first-order valence-corrected chi connectivity index (χ1v) is 6.64. The molecule has 2 atom stereocenters. The van der Waals surface area contributed by atoms with Crippen molar-refractivity contribution in [2.24, 2.45) is 0 Å². The molecule has 2 aromatic rings. The van der Waals surface area contributed by atoms with Gasteiger partial charge < -0.3 is 10.2 Å². The molecule has 0 spiro atoms. The van der Waals surface area contributed by atoms with Crippen molar-refractivity contribution in [2.45, 2.75) is 18.8 Å². The van der Waals surface area contributed by atoms with Crippen molar-refractivity contribution in [1.29, 1.82) is 0 Å². The van der Waals surface area contributed by atoms with Gasteiger partial charge in [0.05, 0.1) is 17.7 Å². The molecule has 100 valence electrons. The van der Waals surface area contributed by atoms with Gasteiger partial charge in [-0.1, -0.05) is 29.8 Å². The van der Waals surface area contributed by atoms with E-state index in [2.05, 4.69) is 4.98 Å². The van der Waals surface area contributed by atoms with E-state index < -0.39 is 12.2 Å². The molecule has 5 heteroatoms. The number of nitrogens with zero attached hydrogens (tertiary/aromatic N) is 2. The Morgan fingerprint density at radius 1 is 1.21 bits per heavy atom. The number of para-hydroxylation sites is 1. The smallest absolute Gasteiger partial charge is 0.134 e. The molecule has 0 saturated carbocycles. The molecule has 19 heavy (non-hydrogen) atoms. The van der Waals surface area contributed by atoms with Crippen molar-refractivity contribution in [1.82, 2.24) is 9.88 Å². The van der Waals surface area contributed by atoms with Crippen molar-refractivity contribution in [3.05, 3.63) is 41.0 Å². The van der Waals surface area contributed by atoms with Crippen LogP contribution in [0.5, 0.6) is 0 Å². The molecule has 0 radical (unpaired) electrons. The number of hydrogen-bond acceptors (Lipinski definition) is 4. The lowest BCUT2D eigenvalue weighted by molar-refractivity contribution is 0.0572. The highest BCUT2D eigenvalue weighted by molar-refractivity contribution is 6.30. The molecule has 1 aliphatic rings. The summed E-state index contributed by atoms with van der Waals surface area (Å²) in [6.07, 6.45) is -1.35. The van der Waals surface area contributed by atoms with Gasteiger partial charge in [0.2, 0.25) is 0 Å². The molecule has 2 heterocycles. The molecule has 1 aromatic heterocycles. The lowest BCUT2D eigenvalue weighted by atomic mass is 10.1. The van der Waals surface area contributed by atoms with Crippen LogP contribution in [-0.4, -0.2) is 45.4 Å². The third kappa shape index (κ3) is 2.58. The average molecular weight is 279 g/mol. The second-order valence-corrected chi connectivity index (χ2v) is 5.32. The fraction of sp³-hybridized carbons (Fsp3) is 0.357. The predicted octanol–water partition coefficient (Wildman–Crippen LogP) is 1.43. The minimum atomic E-state index is -0.674. The number of likely N-dealkylation sites (tertiary alicyclic amines) is 1. The van der Waals surface area contributed by atoms with Gasteiger partial charge in [0.25, 0.3) is 0 Å². The number of benzene rings is 1. The Morgan fingerprint density at radius 3 is 2.63 bits per heavy atom. The first-order valence-electron chi connectivity index (χ1n) is 6.26. The van der Waals surface area contributed by atoms with Crippen LogP contribution in [-0.2, 0) is 6.54 Å². The number of halogens is 1. The van der Waals surface area contributed by atoms with Crippen LogP contribution >= 0.6 is 11.6 Å². The van der Waals surface area contributed by atoms with Crippen LogP contribution in [0, 0.1) is 0 Å². The van der Waals surface area contributed by atoms with Crippen LogP contribution < -0.4 is 0 Å². The Morgan fingerprint density at radius 2 is 1.89 bits per heavy atom. The van der Waals surface area contributed by atoms with E-state index in [9.17, 15) is 10.2 Å². The highest BCUT2D eigenvalue weighted by Gasteiger charge is 2.29. The summed E-state index contributed by atoms with van der Waals surface area (Å²) in [5.74, 6) is 0. The van der Waals surface area contributed by atoms with Crippen LogP contribution in [0.4, 0.5) is 0 Å². The molecule has 1 saturated heterocycles. The van der Waals surface area contributed by atoms with Gasteiger partial charge in [0.1, 0.15) is 5.15 Å². The first kappa shape index (κ1) is 12.8. The number of fused-ring (bicyclic) bond motifs is 1.